The molecule has 1 aliphatic heterocycles. The zero-order valence-electron chi connectivity index (χ0n) is 11.9. The molecule has 0 aliphatic carbocycles. The number of hydrogen-bond donors (Lipinski definition) is 0. The minimum Gasteiger partial charge on any atom is -0.337 e. The predicted molar refractivity (Wildman–Crippen MR) is 79.7 cm³/mol. The standard InChI is InChI=1S/C14H22BrN3O/c1-4-11-8-13(18(5-2)16-11)14(19)17-7-6-12(15)10(3)9-17/h8,10,12H,4-7,9H2,1-3H3. The van der Waals surface area contributed by atoms with Crippen LogP contribution in [0.15, 0.2) is 6.07 Å². The van der Waals surface area contributed by atoms with Gasteiger partial charge in [-0.2, -0.15) is 5.10 Å². The molecule has 0 aromatic carbocycles. The van der Waals surface area contributed by atoms with Crippen LogP contribution in [0.2, 0.25) is 0 Å². The highest BCUT2D eigenvalue weighted by atomic mass is 79.9. The Morgan fingerprint density at radius 3 is 2.84 bits per heavy atom. The van der Waals surface area contributed by atoms with Crippen LogP contribution in [0.1, 0.15) is 43.4 Å². The fourth-order valence-corrected chi connectivity index (χ4v) is 2.89. The Morgan fingerprint density at radius 2 is 2.26 bits per heavy atom. The fourth-order valence-electron chi connectivity index (χ4n) is 2.52. The number of halogens is 1. The van der Waals surface area contributed by atoms with Crippen LogP contribution in [0.4, 0.5) is 0 Å². The maximum absolute atomic E-state index is 12.6. The van der Waals surface area contributed by atoms with E-state index in [-0.39, 0.29) is 5.91 Å². The van der Waals surface area contributed by atoms with Crippen molar-refractivity contribution in [2.45, 2.75) is 45.0 Å². The molecule has 2 atom stereocenters. The Morgan fingerprint density at radius 1 is 1.53 bits per heavy atom. The van der Waals surface area contributed by atoms with Gasteiger partial charge in [0.15, 0.2) is 0 Å². The summed E-state index contributed by atoms with van der Waals surface area (Å²) < 4.78 is 1.83. The third-order valence-electron chi connectivity index (χ3n) is 3.80. The van der Waals surface area contributed by atoms with Crippen molar-refractivity contribution in [3.63, 3.8) is 0 Å². The number of carbonyl (C=O) groups is 1. The second kappa shape index (κ2) is 6.07. The third-order valence-corrected chi connectivity index (χ3v) is 5.16. The van der Waals surface area contributed by atoms with Crippen LogP contribution in [0.5, 0.6) is 0 Å². The first-order valence-electron chi connectivity index (χ1n) is 7.06. The van der Waals surface area contributed by atoms with Gasteiger partial charge in [-0.05, 0) is 31.7 Å². The first kappa shape index (κ1) is 14.6. The van der Waals surface area contributed by atoms with Crippen molar-refractivity contribution in [3.05, 3.63) is 17.5 Å². The van der Waals surface area contributed by atoms with E-state index in [0.29, 0.717) is 10.7 Å². The van der Waals surface area contributed by atoms with E-state index in [4.69, 9.17) is 0 Å². The topological polar surface area (TPSA) is 38.1 Å². The molecule has 0 radical (unpaired) electrons. The van der Waals surface area contributed by atoms with Gasteiger partial charge in [0.2, 0.25) is 0 Å². The molecular formula is C14H22BrN3O. The first-order valence-corrected chi connectivity index (χ1v) is 7.98. The summed E-state index contributed by atoms with van der Waals surface area (Å²) >= 11 is 3.67. The lowest BCUT2D eigenvalue weighted by molar-refractivity contribution is 0.0678. The number of carbonyl (C=O) groups excluding carboxylic acids is 1. The summed E-state index contributed by atoms with van der Waals surface area (Å²) in [5, 5.41) is 4.46. The second-order valence-electron chi connectivity index (χ2n) is 5.22. The Hall–Kier alpha value is -0.840. The molecule has 0 bridgehead atoms. The zero-order valence-corrected chi connectivity index (χ0v) is 13.5. The number of piperidine rings is 1. The van der Waals surface area contributed by atoms with Gasteiger partial charge in [-0.25, -0.2) is 0 Å². The Balaban J connectivity index is 2.17. The number of aryl methyl sites for hydroxylation is 2. The molecule has 5 heteroatoms. The highest BCUT2D eigenvalue weighted by molar-refractivity contribution is 9.09. The van der Waals surface area contributed by atoms with E-state index in [0.717, 1.165) is 43.9 Å². The maximum Gasteiger partial charge on any atom is 0.272 e. The normalized spacial score (nSPS) is 23.7. The molecule has 1 aliphatic rings. The van der Waals surface area contributed by atoms with Crippen LogP contribution in [0.25, 0.3) is 0 Å². The van der Waals surface area contributed by atoms with Gasteiger partial charge >= 0.3 is 0 Å². The van der Waals surface area contributed by atoms with Crippen molar-refractivity contribution in [2.24, 2.45) is 5.92 Å². The van der Waals surface area contributed by atoms with Gasteiger partial charge in [0.25, 0.3) is 5.91 Å². The Labute approximate surface area is 123 Å². The van der Waals surface area contributed by atoms with Crippen molar-refractivity contribution in [2.75, 3.05) is 13.1 Å². The van der Waals surface area contributed by atoms with Crippen LogP contribution >= 0.6 is 15.9 Å². The molecule has 106 valence electrons. The molecule has 2 unspecified atom stereocenters. The summed E-state index contributed by atoms with van der Waals surface area (Å²) in [6.45, 7) is 8.67. The summed E-state index contributed by atoms with van der Waals surface area (Å²) in [5.41, 5.74) is 1.73. The number of aromatic nitrogens is 2. The Kier molecular flexibility index (Phi) is 4.66. The molecule has 0 spiro atoms. The van der Waals surface area contributed by atoms with E-state index < -0.39 is 0 Å². The highest BCUT2D eigenvalue weighted by Gasteiger charge is 2.29. The van der Waals surface area contributed by atoms with E-state index in [2.05, 4.69) is 34.9 Å². The smallest absolute Gasteiger partial charge is 0.272 e. The van der Waals surface area contributed by atoms with Gasteiger partial charge in [-0.3, -0.25) is 9.48 Å². The van der Waals surface area contributed by atoms with Gasteiger partial charge in [0, 0.05) is 24.5 Å². The average Bonchev–Trinajstić information content (AvgIpc) is 2.84. The van der Waals surface area contributed by atoms with Gasteiger partial charge in [-0.15, -0.1) is 0 Å². The van der Waals surface area contributed by atoms with Crippen LogP contribution in [-0.4, -0.2) is 38.5 Å². The molecule has 1 amide bonds. The largest absolute Gasteiger partial charge is 0.337 e. The van der Waals surface area contributed by atoms with Gasteiger partial charge in [0.1, 0.15) is 5.69 Å². The van der Waals surface area contributed by atoms with Crippen LogP contribution < -0.4 is 0 Å². The van der Waals surface area contributed by atoms with E-state index >= 15 is 0 Å². The molecule has 2 rings (SSSR count). The lowest BCUT2D eigenvalue weighted by atomic mass is 10.00. The number of hydrogen-bond acceptors (Lipinski definition) is 2. The molecule has 0 N–H and O–H groups in total. The van der Waals surface area contributed by atoms with Gasteiger partial charge in [-0.1, -0.05) is 29.8 Å². The summed E-state index contributed by atoms with van der Waals surface area (Å²) in [4.78, 5) is 15.1. The summed E-state index contributed by atoms with van der Waals surface area (Å²) in [6.07, 6.45) is 1.89. The molecule has 0 saturated carbocycles. The first-order chi connectivity index (χ1) is 9.06. The number of likely N-dealkylation sites (tertiary alicyclic amines) is 1. The maximum atomic E-state index is 12.6. The third kappa shape index (κ3) is 3.02. The minimum absolute atomic E-state index is 0.125. The molecule has 1 aromatic rings. The molecule has 2 heterocycles. The average molecular weight is 328 g/mol. The van der Waals surface area contributed by atoms with Crippen LogP contribution in [-0.2, 0) is 13.0 Å². The minimum atomic E-state index is 0.125. The van der Waals surface area contributed by atoms with Crippen LogP contribution in [0, 0.1) is 5.92 Å². The quantitative estimate of drug-likeness (QED) is 0.800. The second-order valence-corrected chi connectivity index (χ2v) is 6.40. The number of alkyl halides is 1. The highest BCUT2D eigenvalue weighted by Crippen LogP contribution is 2.24. The Bertz CT molecular complexity index is 458. The van der Waals surface area contributed by atoms with E-state index in [9.17, 15) is 4.79 Å². The molecule has 4 nitrogen and oxygen atoms in total. The van der Waals surface area contributed by atoms with Gasteiger partial charge < -0.3 is 4.90 Å². The van der Waals surface area contributed by atoms with Gasteiger partial charge in [0.05, 0.1) is 5.69 Å². The molecular weight excluding hydrogens is 306 g/mol. The lowest BCUT2D eigenvalue weighted by Gasteiger charge is -2.34. The predicted octanol–water partition coefficient (Wildman–Crippen LogP) is 2.71. The van der Waals surface area contributed by atoms with Crippen molar-refractivity contribution >= 4 is 21.8 Å². The fraction of sp³-hybridized carbons (Fsp3) is 0.714. The zero-order chi connectivity index (χ0) is 14.0. The molecule has 1 saturated heterocycles. The number of rotatable bonds is 3. The van der Waals surface area contributed by atoms with Crippen molar-refractivity contribution < 1.29 is 4.79 Å². The van der Waals surface area contributed by atoms with Crippen molar-refractivity contribution in [1.82, 2.24) is 14.7 Å². The molecule has 1 fully saturated rings. The summed E-state index contributed by atoms with van der Waals surface area (Å²) in [7, 11) is 0. The summed E-state index contributed by atoms with van der Waals surface area (Å²) in [6, 6.07) is 1.94. The van der Waals surface area contributed by atoms with E-state index in [1.165, 1.54) is 0 Å². The van der Waals surface area contributed by atoms with E-state index in [1.54, 1.807) is 0 Å². The number of nitrogens with zero attached hydrogens (tertiary/aromatic N) is 3. The monoisotopic (exact) mass is 327 g/mol. The van der Waals surface area contributed by atoms with Crippen molar-refractivity contribution in [1.29, 1.82) is 0 Å². The number of amides is 1. The SMILES string of the molecule is CCc1cc(C(=O)N2CCC(Br)C(C)C2)n(CC)n1. The van der Waals surface area contributed by atoms with Crippen molar-refractivity contribution in [3.8, 4) is 0 Å². The molecule has 1 aromatic heterocycles. The van der Waals surface area contributed by atoms with E-state index in [1.807, 2.05) is 22.6 Å². The lowest BCUT2D eigenvalue weighted by Crippen LogP contribution is -2.43. The van der Waals surface area contributed by atoms with Crippen LogP contribution in [0.3, 0.4) is 0 Å². The summed E-state index contributed by atoms with van der Waals surface area (Å²) in [5.74, 6) is 0.627. The molecule has 19 heavy (non-hydrogen) atoms.